The van der Waals surface area contributed by atoms with Crippen molar-refractivity contribution < 1.29 is 18.3 Å². The molecule has 1 saturated carbocycles. The van der Waals surface area contributed by atoms with Crippen molar-refractivity contribution in [3.8, 4) is 0 Å². The van der Waals surface area contributed by atoms with Crippen molar-refractivity contribution in [3.63, 3.8) is 0 Å². The third-order valence-electron chi connectivity index (χ3n) is 3.60. The number of carbonyl (C=O) groups is 1. The molecule has 0 heterocycles. The molecule has 2 rings (SSSR count). The monoisotopic (exact) mass is 283 g/mol. The lowest BCUT2D eigenvalue weighted by Crippen LogP contribution is -2.35. The van der Waals surface area contributed by atoms with Crippen LogP contribution in [0, 0.1) is 0 Å². The van der Waals surface area contributed by atoms with Crippen molar-refractivity contribution >= 4 is 16.0 Å². The molecule has 1 aliphatic rings. The highest BCUT2D eigenvalue weighted by molar-refractivity contribution is 7.89. The summed E-state index contributed by atoms with van der Waals surface area (Å²) < 4.78 is 26.2. The first-order valence-electron chi connectivity index (χ1n) is 6.24. The SMILES string of the molecule is CN(C1CCCC1)S(=O)(=O)c1cccc(C(=O)O)c1. The lowest BCUT2D eigenvalue weighted by molar-refractivity contribution is 0.0696. The molecule has 0 aliphatic heterocycles. The van der Waals surface area contributed by atoms with Crippen LogP contribution in [-0.4, -0.2) is 36.9 Å². The second-order valence-electron chi connectivity index (χ2n) is 4.79. The summed E-state index contributed by atoms with van der Waals surface area (Å²) in [5, 5.41) is 8.92. The van der Waals surface area contributed by atoms with Gasteiger partial charge in [0, 0.05) is 13.1 Å². The molecule has 1 N–H and O–H groups in total. The molecule has 1 aromatic rings. The van der Waals surface area contributed by atoms with Crippen molar-refractivity contribution in [1.29, 1.82) is 0 Å². The van der Waals surface area contributed by atoms with Gasteiger partial charge in [0.15, 0.2) is 0 Å². The summed E-state index contributed by atoms with van der Waals surface area (Å²) in [4.78, 5) is 10.9. The van der Waals surface area contributed by atoms with Gasteiger partial charge in [-0.1, -0.05) is 18.9 Å². The van der Waals surface area contributed by atoms with Gasteiger partial charge in [0.1, 0.15) is 0 Å². The first kappa shape index (κ1) is 14.0. The molecule has 0 unspecified atom stereocenters. The van der Waals surface area contributed by atoms with Crippen molar-refractivity contribution in [2.75, 3.05) is 7.05 Å². The molecule has 0 radical (unpaired) electrons. The maximum Gasteiger partial charge on any atom is 0.335 e. The zero-order valence-electron chi connectivity index (χ0n) is 10.7. The molecular weight excluding hydrogens is 266 g/mol. The number of carboxylic acid groups (broad SMARTS) is 1. The third-order valence-corrected chi connectivity index (χ3v) is 5.50. The van der Waals surface area contributed by atoms with Crippen molar-refractivity contribution in [3.05, 3.63) is 29.8 Å². The van der Waals surface area contributed by atoms with Gasteiger partial charge < -0.3 is 5.11 Å². The lowest BCUT2D eigenvalue weighted by atomic mass is 10.2. The number of aromatic carboxylic acids is 1. The van der Waals surface area contributed by atoms with Crippen LogP contribution in [-0.2, 0) is 10.0 Å². The quantitative estimate of drug-likeness (QED) is 0.916. The second kappa shape index (κ2) is 5.30. The minimum absolute atomic E-state index is 0.0131. The standard InChI is InChI=1S/C13H17NO4S/c1-14(11-6-2-3-7-11)19(17,18)12-8-4-5-10(9-12)13(15)16/h4-5,8-9,11H,2-3,6-7H2,1H3,(H,15,16). The van der Waals surface area contributed by atoms with Crippen LogP contribution in [0.25, 0.3) is 0 Å². The molecule has 0 amide bonds. The van der Waals surface area contributed by atoms with Crippen LogP contribution in [0.1, 0.15) is 36.0 Å². The van der Waals surface area contributed by atoms with Crippen molar-refractivity contribution in [2.45, 2.75) is 36.6 Å². The lowest BCUT2D eigenvalue weighted by Gasteiger charge is -2.23. The molecule has 19 heavy (non-hydrogen) atoms. The summed E-state index contributed by atoms with van der Waals surface area (Å²) in [6.45, 7) is 0. The summed E-state index contributed by atoms with van der Waals surface area (Å²) in [5.41, 5.74) is -0.0131. The maximum atomic E-state index is 12.4. The van der Waals surface area contributed by atoms with Gasteiger partial charge in [-0.15, -0.1) is 0 Å². The van der Waals surface area contributed by atoms with Crippen molar-refractivity contribution in [1.82, 2.24) is 4.31 Å². The Hall–Kier alpha value is -1.40. The van der Waals surface area contributed by atoms with Gasteiger partial charge in [0.05, 0.1) is 10.5 Å². The molecule has 5 nitrogen and oxygen atoms in total. The van der Waals surface area contributed by atoms with Crippen LogP contribution in [0.5, 0.6) is 0 Å². The van der Waals surface area contributed by atoms with E-state index in [0.29, 0.717) is 0 Å². The highest BCUT2D eigenvalue weighted by Crippen LogP contribution is 2.27. The summed E-state index contributed by atoms with van der Waals surface area (Å²) in [5.74, 6) is -1.12. The van der Waals surface area contributed by atoms with Crippen LogP contribution in [0.3, 0.4) is 0 Å². The third kappa shape index (κ3) is 2.79. The van der Waals surface area contributed by atoms with Crippen LogP contribution < -0.4 is 0 Å². The Bertz CT molecular complexity index is 576. The molecule has 1 aromatic carbocycles. The fraction of sp³-hybridized carbons (Fsp3) is 0.462. The smallest absolute Gasteiger partial charge is 0.335 e. The molecule has 104 valence electrons. The number of rotatable bonds is 4. The molecule has 0 atom stereocenters. The zero-order valence-corrected chi connectivity index (χ0v) is 11.6. The van der Waals surface area contributed by atoms with E-state index in [1.165, 1.54) is 28.6 Å². The predicted octanol–water partition coefficient (Wildman–Crippen LogP) is 1.95. The molecule has 0 spiro atoms. The largest absolute Gasteiger partial charge is 0.478 e. The number of hydrogen-bond acceptors (Lipinski definition) is 3. The number of hydrogen-bond donors (Lipinski definition) is 1. The fourth-order valence-electron chi connectivity index (χ4n) is 2.42. The average Bonchev–Trinajstić information content (AvgIpc) is 2.91. The van der Waals surface area contributed by atoms with E-state index in [-0.39, 0.29) is 16.5 Å². The molecule has 1 aliphatic carbocycles. The molecule has 0 bridgehead atoms. The Morgan fingerprint density at radius 2 is 1.95 bits per heavy atom. The van der Waals surface area contributed by atoms with Crippen LogP contribution >= 0.6 is 0 Å². The van der Waals surface area contributed by atoms with E-state index in [9.17, 15) is 13.2 Å². The molecular formula is C13H17NO4S. The maximum absolute atomic E-state index is 12.4. The van der Waals surface area contributed by atoms with E-state index in [4.69, 9.17) is 5.11 Å². The normalized spacial score (nSPS) is 16.9. The Balaban J connectivity index is 2.33. The topological polar surface area (TPSA) is 74.7 Å². The van der Waals surface area contributed by atoms with E-state index in [1.54, 1.807) is 7.05 Å². The first-order chi connectivity index (χ1) is 8.93. The van der Waals surface area contributed by atoms with E-state index in [0.717, 1.165) is 25.7 Å². The molecule has 6 heteroatoms. The van der Waals surface area contributed by atoms with Crippen LogP contribution in [0.4, 0.5) is 0 Å². The Kier molecular flexibility index (Phi) is 3.91. The highest BCUT2D eigenvalue weighted by Gasteiger charge is 2.30. The van der Waals surface area contributed by atoms with E-state index in [2.05, 4.69) is 0 Å². The van der Waals surface area contributed by atoms with Gasteiger partial charge in [-0.2, -0.15) is 4.31 Å². The summed E-state index contributed by atoms with van der Waals surface area (Å²) in [6.07, 6.45) is 3.82. The fourth-order valence-corrected chi connectivity index (χ4v) is 3.88. The molecule has 0 saturated heterocycles. The minimum atomic E-state index is -3.61. The van der Waals surface area contributed by atoms with Gasteiger partial charge in [0.2, 0.25) is 10.0 Å². The average molecular weight is 283 g/mol. The van der Waals surface area contributed by atoms with Gasteiger partial charge in [-0.25, -0.2) is 13.2 Å². The first-order valence-corrected chi connectivity index (χ1v) is 7.68. The Morgan fingerprint density at radius 3 is 2.53 bits per heavy atom. The number of nitrogens with zero attached hydrogens (tertiary/aromatic N) is 1. The van der Waals surface area contributed by atoms with Crippen molar-refractivity contribution in [2.24, 2.45) is 0 Å². The number of benzene rings is 1. The Morgan fingerprint density at radius 1 is 1.32 bits per heavy atom. The summed E-state index contributed by atoms with van der Waals surface area (Å²) in [6, 6.07) is 5.52. The van der Waals surface area contributed by atoms with Crippen LogP contribution in [0.2, 0.25) is 0 Å². The summed E-state index contributed by atoms with van der Waals surface area (Å²) >= 11 is 0. The van der Waals surface area contributed by atoms with E-state index in [1.807, 2.05) is 0 Å². The van der Waals surface area contributed by atoms with Gasteiger partial charge >= 0.3 is 5.97 Å². The highest BCUT2D eigenvalue weighted by atomic mass is 32.2. The molecule has 0 aromatic heterocycles. The Labute approximate surface area is 112 Å². The van der Waals surface area contributed by atoms with E-state index >= 15 is 0 Å². The van der Waals surface area contributed by atoms with E-state index < -0.39 is 16.0 Å². The second-order valence-corrected chi connectivity index (χ2v) is 6.79. The van der Waals surface area contributed by atoms with Gasteiger partial charge in [-0.3, -0.25) is 0 Å². The molecule has 1 fully saturated rings. The predicted molar refractivity (Wildman–Crippen MR) is 70.6 cm³/mol. The minimum Gasteiger partial charge on any atom is -0.478 e. The van der Waals surface area contributed by atoms with Crippen LogP contribution in [0.15, 0.2) is 29.2 Å². The van der Waals surface area contributed by atoms with Gasteiger partial charge in [-0.05, 0) is 31.0 Å². The zero-order chi connectivity index (χ0) is 14.0. The number of carboxylic acids is 1. The summed E-state index contributed by atoms with van der Waals surface area (Å²) in [7, 11) is -2.04. The van der Waals surface area contributed by atoms with Gasteiger partial charge in [0.25, 0.3) is 0 Å². The number of sulfonamides is 1.